The molecular formula is C20H30ClN3O. The summed E-state index contributed by atoms with van der Waals surface area (Å²) in [6.45, 7) is 15.1. The smallest absolute Gasteiger partial charge is 0.253 e. The van der Waals surface area contributed by atoms with Crippen LogP contribution in [0.2, 0.25) is 5.02 Å². The lowest BCUT2D eigenvalue weighted by Crippen LogP contribution is -2.70. The zero-order chi connectivity index (χ0) is 18.2. The van der Waals surface area contributed by atoms with Crippen LogP contribution in [0.1, 0.15) is 38.1 Å². The van der Waals surface area contributed by atoms with Gasteiger partial charge in [0.05, 0.1) is 0 Å². The van der Waals surface area contributed by atoms with Gasteiger partial charge in [-0.05, 0) is 44.0 Å². The maximum Gasteiger partial charge on any atom is 0.253 e. The molecule has 3 rings (SSSR count). The molecule has 2 fully saturated rings. The number of amides is 1. The number of carbonyl (C=O) groups is 1. The molecule has 1 atom stereocenters. The van der Waals surface area contributed by atoms with E-state index in [9.17, 15) is 4.79 Å². The number of carbonyl (C=O) groups excluding carboxylic acids is 1. The van der Waals surface area contributed by atoms with Gasteiger partial charge in [0.2, 0.25) is 0 Å². The van der Waals surface area contributed by atoms with Crippen LogP contribution in [0.15, 0.2) is 24.3 Å². The van der Waals surface area contributed by atoms with Crippen LogP contribution in [-0.4, -0.2) is 71.5 Å². The molecule has 0 unspecified atom stereocenters. The topological polar surface area (TPSA) is 26.8 Å². The Hall–Kier alpha value is -1.10. The van der Waals surface area contributed by atoms with Gasteiger partial charge < -0.3 is 4.90 Å². The third-order valence-electron chi connectivity index (χ3n) is 5.34. The summed E-state index contributed by atoms with van der Waals surface area (Å²) in [6.07, 6.45) is 0. The molecule has 0 aromatic heterocycles. The van der Waals surface area contributed by atoms with Crippen molar-refractivity contribution in [2.24, 2.45) is 5.92 Å². The van der Waals surface area contributed by atoms with E-state index in [0.29, 0.717) is 17.0 Å². The number of benzene rings is 1. The average Bonchev–Trinajstić information content (AvgIpc) is 2.53. The fraction of sp³-hybridized carbons (Fsp3) is 0.650. The maximum atomic E-state index is 12.9. The second kappa shape index (κ2) is 7.26. The van der Waals surface area contributed by atoms with Crippen molar-refractivity contribution in [3.63, 3.8) is 0 Å². The van der Waals surface area contributed by atoms with Crippen LogP contribution in [0.3, 0.4) is 0 Å². The summed E-state index contributed by atoms with van der Waals surface area (Å²) in [6, 6.07) is 7.64. The molecule has 0 saturated carbocycles. The molecule has 1 amide bonds. The van der Waals surface area contributed by atoms with E-state index in [1.165, 1.54) is 0 Å². The van der Waals surface area contributed by atoms with Crippen LogP contribution in [-0.2, 0) is 0 Å². The number of rotatable bonds is 3. The lowest BCUT2D eigenvalue weighted by atomic mass is 9.92. The molecule has 2 aliphatic rings. The summed E-state index contributed by atoms with van der Waals surface area (Å²) in [5.41, 5.74) is 0.889. The number of fused-ring (bicyclic) bond motifs is 1. The first-order valence-corrected chi connectivity index (χ1v) is 9.68. The molecule has 1 aromatic carbocycles. The van der Waals surface area contributed by atoms with Crippen molar-refractivity contribution >= 4 is 17.5 Å². The summed E-state index contributed by atoms with van der Waals surface area (Å²) in [5.74, 6) is 0.785. The molecule has 4 nitrogen and oxygen atoms in total. The normalized spacial score (nSPS) is 24.4. The van der Waals surface area contributed by atoms with E-state index in [0.717, 1.165) is 44.8 Å². The molecule has 0 N–H and O–H groups in total. The molecule has 0 aliphatic carbocycles. The summed E-state index contributed by atoms with van der Waals surface area (Å²) in [4.78, 5) is 20.0. The summed E-state index contributed by atoms with van der Waals surface area (Å²) in [5, 5.41) is 0.666. The van der Waals surface area contributed by atoms with Gasteiger partial charge in [-0.2, -0.15) is 0 Å². The van der Waals surface area contributed by atoms with Crippen LogP contribution < -0.4 is 0 Å². The van der Waals surface area contributed by atoms with Gasteiger partial charge in [-0.25, -0.2) is 0 Å². The Balaban J connectivity index is 1.71. The van der Waals surface area contributed by atoms with Gasteiger partial charge in [-0.15, -0.1) is 0 Å². The zero-order valence-corrected chi connectivity index (χ0v) is 16.6. The van der Waals surface area contributed by atoms with Gasteiger partial charge in [0, 0.05) is 61.4 Å². The lowest BCUT2D eigenvalue weighted by molar-refractivity contribution is -0.0613. The third-order valence-corrected chi connectivity index (χ3v) is 5.59. The minimum atomic E-state index is 0.120. The average molecular weight is 364 g/mol. The first-order valence-electron chi connectivity index (χ1n) is 9.30. The summed E-state index contributed by atoms with van der Waals surface area (Å²) in [7, 11) is 0. The Kier molecular flexibility index (Phi) is 5.42. The van der Waals surface area contributed by atoms with E-state index in [1.54, 1.807) is 12.1 Å². The first kappa shape index (κ1) is 18.7. The molecule has 2 heterocycles. The molecule has 5 heteroatoms. The SMILES string of the molecule is CC(C)CN1C[C@@H]2CN(C(=O)c3ccc(Cl)cc3)CCN2C(C)(C)C1. The summed E-state index contributed by atoms with van der Waals surface area (Å²) < 4.78 is 0. The van der Waals surface area contributed by atoms with Crippen molar-refractivity contribution in [3.05, 3.63) is 34.9 Å². The van der Waals surface area contributed by atoms with Gasteiger partial charge >= 0.3 is 0 Å². The van der Waals surface area contributed by atoms with Crippen molar-refractivity contribution in [2.75, 3.05) is 39.3 Å². The maximum absolute atomic E-state index is 12.9. The van der Waals surface area contributed by atoms with Crippen molar-refractivity contribution in [1.82, 2.24) is 14.7 Å². The number of nitrogens with zero attached hydrogens (tertiary/aromatic N) is 3. The number of piperazine rings is 2. The zero-order valence-electron chi connectivity index (χ0n) is 15.8. The van der Waals surface area contributed by atoms with Crippen LogP contribution in [0.4, 0.5) is 0 Å². The highest BCUT2D eigenvalue weighted by Gasteiger charge is 2.43. The Morgan fingerprint density at radius 3 is 2.52 bits per heavy atom. The molecule has 25 heavy (non-hydrogen) atoms. The van der Waals surface area contributed by atoms with E-state index in [-0.39, 0.29) is 11.4 Å². The fourth-order valence-corrected chi connectivity index (χ4v) is 4.55. The minimum absolute atomic E-state index is 0.120. The van der Waals surface area contributed by atoms with Gasteiger partial charge in [-0.1, -0.05) is 25.4 Å². The van der Waals surface area contributed by atoms with E-state index >= 15 is 0 Å². The van der Waals surface area contributed by atoms with Crippen LogP contribution in [0.5, 0.6) is 0 Å². The number of hydrogen-bond acceptors (Lipinski definition) is 3. The molecule has 0 radical (unpaired) electrons. The largest absolute Gasteiger partial charge is 0.336 e. The van der Waals surface area contributed by atoms with E-state index in [2.05, 4.69) is 37.5 Å². The van der Waals surface area contributed by atoms with Crippen LogP contribution >= 0.6 is 11.6 Å². The highest BCUT2D eigenvalue weighted by molar-refractivity contribution is 6.30. The molecule has 1 aromatic rings. The van der Waals surface area contributed by atoms with Gasteiger partial charge in [0.15, 0.2) is 0 Å². The number of halogens is 1. The second-order valence-electron chi connectivity index (χ2n) is 8.51. The Bertz CT molecular complexity index is 614. The molecular weight excluding hydrogens is 334 g/mol. The van der Waals surface area contributed by atoms with Crippen molar-refractivity contribution < 1.29 is 4.79 Å². The molecule has 0 bridgehead atoms. The van der Waals surface area contributed by atoms with Gasteiger partial charge in [0.25, 0.3) is 5.91 Å². The van der Waals surface area contributed by atoms with Gasteiger partial charge in [-0.3, -0.25) is 14.6 Å². The molecule has 2 aliphatic heterocycles. The Morgan fingerprint density at radius 2 is 1.88 bits per heavy atom. The Morgan fingerprint density at radius 1 is 1.20 bits per heavy atom. The quantitative estimate of drug-likeness (QED) is 0.825. The predicted molar refractivity (Wildman–Crippen MR) is 103 cm³/mol. The van der Waals surface area contributed by atoms with Gasteiger partial charge in [0.1, 0.15) is 0 Å². The van der Waals surface area contributed by atoms with Crippen LogP contribution in [0.25, 0.3) is 0 Å². The highest BCUT2D eigenvalue weighted by Crippen LogP contribution is 2.29. The van der Waals surface area contributed by atoms with E-state index < -0.39 is 0 Å². The molecule has 2 saturated heterocycles. The van der Waals surface area contributed by atoms with Crippen molar-refractivity contribution in [3.8, 4) is 0 Å². The van der Waals surface area contributed by atoms with E-state index in [1.807, 2.05) is 17.0 Å². The number of hydrogen-bond donors (Lipinski definition) is 0. The minimum Gasteiger partial charge on any atom is -0.336 e. The standard InChI is InChI=1S/C20H30ClN3O/c1-15(2)11-22-12-18-13-23(9-10-24(18)20(3,4)14-22)19(25)16-5-7-17(21)8-6-16/h5-8,15,18H,9-14H2,1-4H3/t18-/m1/s1. The Labute approximate surface area is 156 Å². The molecule has 138 valence electrons. The highest BCUT2D eigenvalue weighted by atomic mass is 35.5. The summed E-state index contributed by atoms with van der Waals surface area (Å²) >= 11 is 5.95. The predicted octanol–water partition coefficient (Wildman–Crippen LogP) is 3.22. The lowest BCUT2D eigenvalue weighted by Gasteiger charge is -2.55. The monoisotopic (exact) mass is 363 g/mol. The van der Waals surface area contributed by atoms with Crippen molar-refractivity contribution in [2.45, 2.75) is 39.3 Å². The molecule has 0 spiro atoms. The fourth-order valence-electron chi connectivity index (χ4n) is 4.42. The van der Waals surface area contributed by atoms with Crippen molar-refractivity contribution in [1.29, 1.82) is 0 Å². The first-order chi connectivity index (χ1) is 11.8. The van der Waals surface area contributed by atoms with Crippen LogP contribution in [0, 0.1) is 5.92 Å². The second-order valence-corrected chi connectivity index (χ2v) is 8.94. The third kappa shape index (κ3) is 4.18. The van der Waals surface area contributed by atoms with E-state index in [4.69, 9.17) is 11.6 Å².